The van der Waals surface area contributed by atoms with E-state index in [1.165, 1.54) is 6.20 Å². The molecule has 56 valence electrons. The molecule has 0 aromatic rings. The lowest BCUT2D eigenvalue weighted by Crippen LogP contribution is -2.03. The predicted octanol–water partition coefficient (Wildman–Crippen LogP) is 2.28. The molecule has 0 aromatic carbocycles. The molecule has 0 heterocycles. The molecule has 0 atom stereocenters. The second kappa shape index (κ2) is 4.91. The first-order chi connectivity index (χ1) is 4.72. The average Bonchev–Trinajstić information content (AvgIpc) is 1.87. The van der Waals surface area contributed by atoms with Crippen LogP contribution in [0.4, 0.5) is 0 Å². The number of aliphatic imine (C=N–C) groups is 2. The minimum absolute atomic E-state index is 0.370. The molecule has 0 spiro atoms. The molecule has 0 aliphatic carbocycles. The van der Waals surface area contributed by atoms with Crippen LogP contribution in [0.25, 0.3) is 0 Å². The third-order valence-electron chi connectivity index (χ3n) is 1.00. The van der Waals surface area contributed by atoms with Crippen molar-refractivity contribution >= 4 is 12.1 Å². The number of nitrogens with zero attached hydrogens (tertiary/aromatic N) is 2. The Hall–Kier alpha value is -0.920. The molecule has 0 amide bonds. The van der Waals surface area contributed by atoms with E-state index in [1.807, 2.05) is 6.92 Å². The van der Waals surface area contributed by atoms with E-state index in [0.717, 1.165) is 5.84 Å². The summed E-state index contributed by atoms with van der Waals surface area (Å²) in [5, 5.41) is 0. The van der Waals surface area contributed by atoms with Gasteiger partial charge >= 0.3 is 0 Å². The molecule has 0 aromatic heterocycles. The Bertz CT molecular complexity index is 155. The first-order valence-electron chi connectivity index (χ1n) is 3.39. The number of hydrogen-bond donors (Lipinski definition) is 0. The summed E-state index contributed by atoms with van der Waals surface area (Å²) < 4.78 is 0. The van der Waals surface area contributed by atoms with Crippen LogP contribution in [0.2, 0.25) is 0 Å². The fourth-order valence-corrected chi connectivity index (χ4v) is 0.557. The van der Waals surface area contributed by atoms with Crippen molar-refractivity contribution in [3.05, 3.63) is 12.8 Å². The number of amidine groups is 1. The molecule has 0 aliphatic heterocycles. The maximum atomic E-state index is 4.07. The van der Waals surface area contributed by atoms with E-state index in [1.54, 1.807) is 6.21 Å². The van der Waals surface area contributed by atoms with Gasteiger partial charge < -0.3 is 0 Å². The Balaban J connectivity index is 4.25. The highest BCUT2D eigenvalue weighted by Crippen LogP contribution is 1.98. The Morgan fingerprint density at radius 3 is 2.40 bits per heavy atom. The largest absolute Gasteiger partial charge is 0.246 e. The molecule has 0 saturated heterocycles. The minimum atomic E-state index is 0.370. The van der Waals surface area contributed by atoms with Crippen molar-refractivity contribution in [2.24, 2.45) is 15.9 Å². The molecule has 0 radical (unpaired) electrons. The van der Waals surface area contributed by atoms with Crippen molar-refractivity contribution in [3.63, 3.8) is 0 Å². The van der Waals surface area contributed by atoms with Gasteiger partial charge in [-0.05, 0) is 6.92 Å². The van der Waals surface area contributed by atoms with E-state index in [4.69, 9.17) is 0 Å². The summed E-state index contributed by atoms with van der Waals surface area (Å²) in [6, 6.07) is 0. The molecule has 2 nitrogen and oxygen atoms in total. The molecule has 0 fully saturated rings. The summed E-state index contributed by atoms with van der Waals surface area (Å²) in [6.45, 7) is 9.48. The van der Waals surface area contributed by atoms with E-state index < -0.39 is 0 Å². The highest BCUT2D eigenvalue weighted by molar-refractivity contribution is 5.90. The number of rotatable bonds is 2. The van der Waals surface area contributed by atoms with Crippen LogP contribution in [-0.2, 0) is 0 Å². The molecule has 0 aliphatic rings. The van der Waals surface area contributed by atoms with Crippen molar-refractivity contribution in [1.82, 2.24) is 0 Å². The quantitative estimate of drug-likeness (QED) is 0.413. The summed E-state index contributed by atoms with van der Waals surface area (Å²) in [4.78, 5) is 8.06. The standard InChI is InChI=1S/C8H14N2/c1-5-9-8(7(3)4)10-6-2/h5-7H,1H2,2-4H3/b9-8-,10-6-. The Labute approximate surface area is 62.4 Å². The van der Waals surface area contributed by atoms with Crippen LogP contribution < -0.4 is 0 Å². The van der Waals surface area contributed by atoms with Crippen LogP contribution in [0, 0.1) is 5.92 Å². The molecule has 0 unspecified atom stereocenters. The maximum Gasteiger partial charge on any atom is 0.130 e. The zero-order chi connectivity index (χ0) is 7.98. The summed E-state index contributed by atoms with van der Waals surface area (Å²) in [5.74, 6) is 1.20. The Kier molecular flexibility index (Phi) is 4.46. The highest BCUT2D eigenvalue weighted by atomic mass is 14.9. The first kappa shape index (κ1) is 9.08. The van der Waals surface area contributed by atoms with Crippen molar-refractivity contribution in [2.45, 2.75) is 20.8 Å². The summed E-state index contributed by atoms with van der Waals surface area (Å²) in [7, 11) is 0. The zero-order valence-corrected chi connectivity index (χ0v) is 6.83. The lowest BCUT2D eigenvalue weighted by atomic mass is 10.2. The van der Waals surface area contributed by atoms with Gasteiger partial charge in [-0.1, -0.05) is 20.4 Å². The maximum absolute atomic E-state index is 4.07. The summed E-state index contributed by atoms with van der Waals surface area (Å²) in [5.41, 5.74) is 0. The van der Waals surface area contributed by atoms with Crippen LogP contribution in [-0.4, -0.2) is 12.1 Å². The van der Waals surface area contributed by atoms with Crippen molar-refractivity contribution in [1.29, 1.82) is 0 Å². The van der Waals surface area contributed by atoms with Crippen molar-refractivity contribution < 1.29 is 0 Å². The molecule has 2 heteroatoms. The van der Waals surface area contributed by atoms with E-state index in [-0.39, 0.29) is 0 Å². The molecular weight excluding hydrogens is 124 g/mol. The van der Waals surface area contributed by atoms with Gasteiger partial charge in [0.25, 0.3) is 0 Å². The fourth-order valence-electron chi connectivity index (χ4n) is 0.557. The van der Waals surface area contributed by atoms with Gasteiger partial charge in [-0.2, -0.15) is 0 Å². The topological polar surface area (TPSA) is 24.7 Å². The van der Waals surface area contributed by atoms with Crippen LogP contribution >= 0.6 is 0 Å². The summed E-state index contributed by atoms with van der Waals surface area (Å²) in [6.07, 6.45) is 3.25. The van der Waals surface area contributed by atoms with Crippen molar-refractivity contribution in [2.75, 3.05) is 0 Å². The molecule has 0 N–H and O–H groups in total. The van der Waals surface area contributed by atoms with Gasteiger partial charge in [0.05, 0.1) is 0 Å². The normalized spacial score (nSPS) is 13.0. The van der Waals surface area contributed by atoms with Gasteiger partial charge in [-0.25, -0.2) is 9.98 Å². The van der Waals surface area contributed by atoms with Gasteiger partial charge in [-0.15, -0.1) is 0 Å². The minimum Gasteiger partial charge on any atom is -0.246 e. The predicted molar refractivity (Wildman–Crippen MR) is 46.6 cm³/mol. The van der Waals surface area contributed by atoms with Crippen LogP contribution in [0.15, 0.2) is 22.8 Å². The fraction of sp³-hybridized carbons (Fsp3) is 0.500. The lowest BCUT2D eigenvalue weighted by Gasteiger charge is -2.00. The second-order valence-corrected chi connectivity index (χ2v) is 2.21. The van der Waals surface area contributed by atoms with Gasteiger partial charge in [-0.3, -0.25) is 0 Å². The van der Waals surface area contributed by atoms with Gasteiger partial charge in [0.1, 0.15) is 5.84 Å². The monoisotopic (exact) mass is 138 g/mol. The average molecular weight is 138 g/mol. The SMILES string of the molecule is C=C/N=C(\N=C/C)C(C)C. The van der Waals surface area contributed by atoms with Gasteiger partial charge in [0.15, 0.2) is 0 Å². The second-order valence-electron chi connectivity index (χ2n) is 2.21. The lowest BCUT2D eigenvalue weighted by molar-refractivity contribution is 0.873. The van der Waals surface area contributed by atoms with E-state index in [0.29, 0.717) is 5.92 Å². The van der Waals surface area contributed by atoms with Crippen LogP contribution in [0.5, 0.6) is 0 Å². The molecule has 0 saturated carbocycles. The van der Waals surface area contributed by atoms with Crippen molar-refractivity contribution in [3.8, 4) is 0 Å². The smallest absolute Gasteiger partial charge is 0.130 e. The zero-order valence-electron chi connectivity index (χ0n) is 6.83. The molecular formula is C8H14N2. The molecule has 0 rings (SSSR count). The van der Waals surface area contributed by atoms with Crippen LogP contribution in [0.1, 0.15) is 20.8 Å². The van der Waals surface area contributed by atoms with E-state index in [2.05, 4.69) is 30.4 Å². The van der Waals surface area contributed by atoms with Gasteiger partial charge in [0.2, 0.25) is 0 Å². The van der Waals surface area contributed by atoms with E-state index in [9.17, 15) is 0 Å². The molecule has 10 heavy (non-hydrogen) atoms. The van der Waals surface area contributed by atoms with Gasteiger partial charge in [0, 0.05) is 18.3 Å². The summed E-state index contributed by atoms with van der Waals surface area (Å²) >= 11 is 0. The Morgan fingerprint density at radius 1 is 1.50 bits per heavy atom. The Morgan fingerprint density at radius 2 is 2.10 bits per heavy atom. The highest BCUT2D eigenvalue weighted by Gasteiger charge is 1.98. The first-order valence-corrected chi connectivity index (χ1v) is 3.39. The molecule has 0 bridgehead atoms. The number of hydrogen-bond acceptors (Lipinski definition) is 1. The van der Waals surface area contributed by atoms with Crippen LogP contribution in [0.3, 0.4) is 0 Å². The van der Waals surface area contributed by atoms with E-state index >= 15 is 0 Å². The third-order valence-corrected chi connectivity index (χ3v) is 1.00. The third kappa shape index (κ3) is 3.17.